The summed E-state index contributed by atoms with van der Waals surface area (Å²) in [6.07, 6.45) is 9.57. The molecule has 0 amide bonds. The Morgan fingerprint density at radius 1 is 1.00 bits per heavy atom. The first-order chi connectivity index (χ1) is 9.28. The van der Waals surface area contributed by atoms with E-state index in [2.05, 4.69) is 39.9 Å². The van der Waals surface area contributed by atoms with Crippen LogP contribution in [-0.4, -0.2) is 23.8 Å². The Balaban J connectivity index is 1.94. The van der Waals surface area contributed by atoms with Gasteiger partial charge in [-0.3, -0.25) is 0 Å². The molecule has 2 unspecified atom stereocenters. The van der Waals surface area contributed by atoms with E-state index in [0.29, 0.717) is 6.10 Å². The van der Waals surface area contributed by atoms with E-state index in [1.54, 1.807) is 0 Å². The lowest BCUT2D eigenvalue weighted by Crippen LogP contribution is -2.49. The molecule has 20 heavy (non-hydrogen) atoms. The van der Waals surface area contributed by atoms with Gasteiger partial charge in [-0.05, 0) is 64.7 Å². The average Bonchev–Trinajstić information content (AvgIpc) is 2.73. The molecule has 2 fully saturated rings. The molecule has 0 aromatic carbocycles. The molecule has 0 saturated heterocycles. The van der Waals surface area contributed by atoms with E-state index in [1.165, 1.54) is 44.9 Å². The molecule has 1 N–H and O–H groups in total. The van der Waals surface area contributed by atoms with Crippen molar-refractivity contribution >= 4 is 0 Å². The Morgan fingerprint density at radius 2 is 1.55 bits per heavy atom. The summed E-state index contributed by atoms with van der Waals surface area (Å²) in [6.45, 7) is 12.6. The summed E-state index contributed by atoms with van der Waals surface area (Å²) in [5.74, 6) is 1.66. The standard InChI is InChI=1S/C18H35NO/c1-14-10-15(2)12-16(11-14)20-18(8-6-7-9-18)13-19-17(3,4)5/h14-16,19H,6-13H2,1-5H3. The zero-order chi connectivity index (χ0) is 14.8. The van der Waals surface area contributed by atoms with Crippen LogP contribution in [-0.2, 0) is 4.74 Å². The second kappa shape index (κ2) is 6.36. The highest BCUT2D eigenvalue weighted by atomic mass is 16.5. The smallest absolute Gasteiger partial charge is 0.0810 e. The van der Waals surface area contributed by atoms with Crippen molar-refractivity contribution < 1.29 is 4.74 Å². The minimum Gasteiger partial charge on any atom is -0.370 e. The first kappa shape index (κ1) is 16.3. The normalized spacial score (nSPS) is 34.4. The van der Waals surface area contributed by atoms with Crippen molar-refractivity contribution in [3.05, 3.63) is 0 Å². The summed E-state index contributed by atoms with van der Waals surface area (Å²) < 4.78 is 6.71. The molecule has 0 heterocycles. The van der Waals surface area contributed by atoms with Gasteiger partial charge >= 0.3 is 0 Å². The van der Waals surface area contributed by atoms with Crippen LogP contribution in [0.2, 0.25) is 0 Å². The summed E-state index contributed by atoms with van der Waals surface area (Å²) in [4.78, 5) is 0. The second-order valence-corrected chi connectivity index (χ2v) is 8.65. The van der Waals surface area contributed by atoms with Crippen LogP contribution in [0.25, 0.3) is 0 Å². The molecule has 0 aromatic rings. The maximum atomic E-state index is 6.71. The highest BCUT2D eigenvalue weighted by molar-refractivity contribution is 4.92. The topological polar surface area (TPSA) is 21.3 Å². The fourth-order valence-electron chi connectivity index (χ4n) is 4.10. The maximum Gasteiger partial charge on any atom is 0.0810 e. The molecule has 2 heteroatoms. The zero-order valence-corrected chi connectivity index (χ0v) is 14.3. The minimum absolute atomic E-state index is 0.120. The monoisotopic (exact) mass is 281 g/mol. The Bertz CT molecular complexity index is 291. The fourth-order valence-corrected chi connectivity index (χ4v) is 4.10. The van der Waals surface area contributed by atoms with Crippen molar-refractivity contribution in [1.29, 1.82) is 0 Å². The highest BCUT2D eigenvalue weighted by Crippen LogP contribution is 2.39. The van der Waals surface area contributed by atoms with E-state index in [-0.39, 0.29) is 11.1 Å². The third-order valence-electron chi connectivity index (χ3n) is 5.01. The third kappa shape index (κ3) is 4.73. The van der Waals surface area contributed by atoms with Gasteiger partial charge in [-0.25, -0.2) is 0 Å². The van der Waals surface area contributed by atoms with Gasteiger partial charge in [0.2, 0.25) is 0 Å². The van der Waals surface area contributed by atoms with Crippen LogP contribution in [0, 0.1) is 11.8 Å². The van der Waals surface area contributed by atoms with E-state index in [0.717, 1.165) is 18.4 Å². The van der Waals surface area contributed by atoms with Crippen molar-refractivity contribution in [3.63, 3.8) is 0 Å². The van der Waals surface area contributed by atoms with Gasteiger partial charge in [0, 0.05) is 12.1 Å². The molecule has 2 rings (SSSR count). The van der Waals surface area contributed by atoms with Crippen molar-refractivity contribution in [2.75, 3.05) is 6.54 Å². The number of nitrogens with one attached hydrogen (secondary N) is 1. The van der Waals surface area contributed by atoms with Gasteiger partial charge in [-0.1, -0.05) is 26.7 Å². The first-order valence-corrected chi connectivity index (χ1v) is 8.71. The quantitative estimate of drug-likeness (QED) is 0.817. The fraction of sp³-hybridized carbons (Fsp3) is 1.00. The summed E-state index contributed by atoms with van der Waals surface area (Å²) in [6, 6.07) is 0. The van der Waals surface area contributed by atoms with E-state index in [1.807, 2.05) is 0 Å². The second-order valence-electron chi connectivity index (χ2n) is 8.65. The van der Waals surface area contributed by atoms with Crippen LogP contribution in [0.15, 0.2) is 0 Å². The zero-order valence-electron chi connectivity index (χ0n) is 14.3. The van der Waals surface area contributed by atoms with Gasteiger partial charge in [0.25, 0.3) is 0 Å². The molecule has 2 atom stereocenters. The lowest BCUT2D eigenvalue weighted by atomic mass is 9.81. The van der Waals surface area contributed by atoms with Gasteiger partial charge in [-0.2, -0.15) is 0 Å². The SMILES string of the molecule is CC1CC(C)CC(OC2(CNC(C)(C)C)CCCC2)C1. The Morgan fingerprint density at radius 3 is 2.05 bits per heavy atom. The molecule has 0 aromatic heterocycles. The van der Waals surface area contributed by atoms with Gasteiger partial charge in [0.1, 0.15) is 0 Å². The van der Waals surface area contributed by atoms with Crippen LogP contribution in [0.4, 0.5) is 0 Å². The predicted molar refractivity (Wildman–Crippen MR) is 86.0 cm³/mol. The predicted octanol–water partition coefficient (Wildman–Crippen LogP) is 4.53. The van der Waals surface area contributed by atoms with Crippen LogP contribution in [0.3, 0.4) is 0 Å². The molecule has 2 nitrogen and oxygen atoms in total. The van der Waals surface area contributed by atoms with E-state index < -0.39 is 0 Å². The van der Waals surface area contributed by atoms with Gasteiger partial charge in [-0.15, -0.1) is 0 Å². The molecule has 0 radical (unpaired) electrons. The Kier molecular flexibility index (Phi) is 5.18. The summed E-state index contributed by atoms with van der Waals surface area (Å²) in [5.41, 5.74) is 0.306. The Hall–Kier alpha value is -0.0800. The number of rotatable bonds is 4. The molecule has 0 aliphatic heterocycles. The largest absolute Gasteiger partial charge is 0.370 e. The molecular formula is C18H35NO. The van der Waals surface area contributed by atoms with Crippen molar-refractivity contribution in [3.8, 4) is 0 Å². The van der Waals surface area contributed by atoms with Crippen molar-refractivity contribution in [2.24, 2.45) is 11.8 Å². The molecular weight excluding hydrogens is 246 g/mol. The molecule has 0 spiro atoms. The number of hydrogen-bond acceptors (Lipinski definition) is 2. The van der Waals surface area contributed by atoms with Gasteiger partial charge < -0.3 is 10.1 Å². The van der Waals surface area contributed by atoms with Crippen molar-refractivity contribution in [1.82, 2.24) is 5.32 Å². The maximum absolute atomic E-state index is 6.71. The van der Waals surface area contributed by atoms with Crippen LogP contribution >= 0.6 is 0 Å². The minimum atomic E-state index is 0.120. The molecule has 0 bridgehead atoms. The average molecular weight is 281 g/mol. The molecule has 2 aliphatic carbocycles. The summed E-state index contributed by atoms with van der Waals surface area (Å²) in [5, 5.41) is 3.69. The van der Waals surface area contributed by atoms with Crippen molar-refractivity contribution in [2.45, 2.75) is 96.8 Å². The number of hydrogen-bond donors (Lipinski definition) is 1. The third-order valence-corrected chi connectivity index (χ3v) is 5.01. The lowest BCUT2D eigenvalue weighted by molar-refractivity contribution is -0.114. The van der Waals surface area contributed by atoms with E-state index in [4.69, 9.17) is 4.74 Å². The van der Waals surface area contributed by atoms with Gasteiger partial charge in [0.05, 0.1) is 11.7 Å². The van der Waals surface area contributed by atoms with E-state index >= 15 is 0 Å². The highest BCUT2D eigenvalue weighted by Gasteiger charge is 2.39. The van der Waals surface area contributed by atoms with Crippen LogP contribution < -0.4 is 5.32 Å². The number of ether oxygens (including phenoxy) is 1. The van der Waals surface area contributed by atoms with Gasteiger partial charge in [0.15, 0.2) is 0 Å². The summed E-state index contributed by atoms with van der Waals surface area (Å²) >= 11 is 0. The summed E-state index contributed by atoms with van der Waals surface area (Å²) in [7, 11) is 0. The molecule has 2 saturated carbocycles. The Labute approximate surface area is 126 Å². The first-order valence-electron chi connectivity index (χ1n) is 8.71. The molecule has 118 valence electrons. The van der Waals surface area contributed by atoms with E-state index in [9.17, 15) is 0 Å². The molecule has 2 aliphatic rings. The van der Waals surface area contributed by atoms with Crippen LogP contribution in [0.5, 0.6) is 0 Å². The van der Waals surface area contributed by atoms with Crippen LogP contribution in [0.1, 0.15) is 79.6 Å². The lowest BCUT2D eigenvalue weighted by Gasteiger charge is -2.40.